The number of nitrogens with zero attached hydrogens (tertiary/aromatic N) is 3. The molecule has 17 heavy (non-hydrogen) atoms. The molecule has 5 heteroatoms. The standard InChI is InChI=1S/C12H18N4O/c1-2-8-16(9-5-6-9)10-4-3-7-14-11(10)12(13)15-17/h3-4,7,9,17H,2,5-6,8H2,1H3,(H2,13,15). The van der Waals surface area contributed by atoms with Gasteiger partial charge in [-0.3, -0.25) is 4.98 Å². The first-order valence-electron chi connectivity index (χ1n) is 5.97. The van der Waals surface area contributed by atoms with Gasteiger partial charge in [0.2, 0.25) is 0 Å². The summed E-state index contributed by atoms with van der Waals surface area (Å²) < 4.78 is 0. The van der Waals surface area contributed by atoms with Gasteiger partial charge in [0.05, 0.1) is 5.69 Å². The molecule has 1 aromatic rings. The largest absolute Gasteiger partial charge is 0.409 e. The number of pyridine rings is 1. The number of nitrogens with two attached hydrogens (primary N) is 1. The topological polar surface area (TPSA) is 74.7 Å². The van der Waals surface area contributed by atoms with Crippen LogP contribution in [0, 0.1) is 0 Å². The lowest BCUT2D eigenvalue weighted by Gasteiger charge is -2.25. The Labute approximate surface area is 101 Å². The first kappa shape index (κ1) is 11.7. The summed E-state index contributed by atoms with van der Waals surface area (Å²) in [6.45, 7) is 3.12. The van der Waals surface area contributed by atoms with Gasteiger partial charge in [-0.15, -0.1) is 0 Å². The van der Waals surface area contributed by atoms with E-state index in [1.165, 1.54) is 12.8 Å². The van der Waals surface area contributed by atoms with E-state index >= 15 is 0 Å². The van der Waals surface area contributed by atoms with E-state index in [1.807, 2.05) is 12.1 Å². The van der Waals surface area contributed by atoms with Gasteiger partial charge in [0.15, 0.2) is 5.84 Å². The van der Waals surface area contributed by atoms with Crippen LogP contribution in [0.5, 0.6) is 0 Å². The zero-order chi connectivity index (χ0) is 12.3. The molecule has 1 heterocycles. The maximum absolute atomic E-state index is 8.78. The van der Waals surface area contributed by atoms with E-state index in [2.05, 4.69) is 22.0 Å². The smallest absolute Gasteiger partial charge is 0.190 e. The molecule has 0 saturated heterocycles. The summed E-state index contributed by atoms with van der Waals surface area (Å²) in [6, 6.07) is 4.45. The highest BCUT2D eigenvalue weighted by molar-refractivity contribution is 6.00. The van der Waals surface area contributed by atoms with E-state index < -0.39 is 0 Å². The van der Waals surface area contributed by atoms with Crippen molar-refractivity contribution in [2.24, 2.45) is 10.9 Å². The highest BCUT2D eigenvalue weighted by atomic mass is 16.4. The first-order valence-corrected chi connectivity index (χ1v) is 5.97. The third kappa shape index (κ3) is 2.49. The van der Waals surface area contributed by atoms with Gasteiger partial charge in [0, 0.05) is 18.8 Å². The minimum atomic E-state index is 0.0716. The fourth-order valence-electron chi connectivity index (χ4n) is 2.00. The molecule has 92 valence electrons. The molecule has 0 atom stereocenters. The summed E-state index contributed by atoms with van der Waals surface area (Å²) >= 11 is 0. The molecule has 0 amide bonds. The summed E-state index contributed by atoms with van der Waals surface area (Å²) in [5.41, 5.74) is 7.19. The van der Waals surface area contributed by atoms with Gasteiger partial charge >= 0.3 is 0 Å². The van der Waals surface area contributed by atoms with Crippen LogP contribution in [0.3, 0.4) is 0 Å². The number of hydrogen-bond donors (Lipinski definition) is 2. The van der Waals surface area contributed by atoms with Crippen molar-refractivity contribution < 1.29 is 5.21 Å². The van der Waals surface area contributed by atoms with Gasteiger partial charge in [0.1, 0.15) is 5.69 Å². The van der Waals surface area contributed by atoms with Gasteiger partial charge in [-0.05, 0) is 31.4 Å². The monoisotopic (exact) mass is 234 g/mol. The molecule has 0 aromatic carbocycles. The Morgan fingerprint density at radius 3 is 3.00 bits per heavy atom. The van der Waals surface area contributed by atoms with Crippen molar-refractivity contribution in [2.45, 2.75) is 32.2 Å². The summed E-state index contributed by atoms with van der Waals surface area (Å²) in [4.78, 5) is 6.51. The molecule has 3 N–H and O–H groups in total. The Balaban J connectivity index is 2.34. The van der Waals surface area contributed by atoms with Crippen LogP contribution in [-0.4, -0.2) is 28.6 Å². The van der Waals surface area contributed by atoms with Crippen LogP contribution in [0.15, 0.2) is 23.5 Å². The maximum atomic E-state index is 8.78. The minimum absolute atomic E-state index is 0.0716. The van der Waals surface area contributed by atoms with E-state index in [1.54, 1.807) is 6.20 Å². The molecule has 1 aliphatic carbocycles. The van der Waals surface area contributed by atoms with Gasteiger partial charge in [0.25, 0.3) is 0 Å². The number of hydrogen-bond acceptors (Lipinski definition) is 4. The van der Waals surface area contributed by atoms with Crippen LogP contribution < -0.4 is 10.6 Å². The van der Waals surface area contributed by atoms with Crippen LogP contribution in [0.2, 0.25) is 0 Å². The quantitative estimate of drug-likeness (QED) is 0.351. The lowest BCUT2D eigenvalue weighted by Crippen LogP contribution is -2.30. The molecular weight excluding hydrogens is 216 g/mol. The number of oxime groups is 1. The predicted octanol–water partition coefficient (Wildman–Crippen LogP) is 1.55. The molecule has 0 aliphatic heterocycles. The summed E-state index contributed by atoms with van der Waals surface area (Å²) in [7, 11) is 0. The zero-order valence-corrected chi connectivity index (χ0v) is 10.0. The van der Waals surface area contributed by atoms with E-state index in [-0.39, 0.29) is 5.84 Å². The highest BCUT2D eigenvalue weighted by Gasteiger charge is 2.30. The predicted molar refractivity (Wildman–Crippen MR) is 67.4 cm³/mol. The molecule has 1 aromatic heterocycles. The number of rotatable bonds is 5. The second-order valence-corrected chi connectivity index (χ2v) is 4.28. The second-order valence-electron chi connectivity index (χ2n) is 4.28. The third-order valence-corrected chi connectivity index (χ3v) is 2.90. The van der Waals surface area contributed by atoms with Crippen LogP contribution >= 0.6 is 0 Å². The lowest BCUT2D eigenvalue weighted by molar-refractivity contribution is 0.318. The highest BCUT2D eigenvalue weighted by Crippen LogP contribution is 2.32. The van der Waals surface area contributed by atoms with Crippen LogP contribution in [-0.2, 0) is 0 Å². The molecular formula is C12H18N4O. The van der Waals surface area contributed by atoms with E-state index in [9.17, 15) is 0 Å². The SMILES string of the molecule is CCCN(c1cccnc1/C(N)=N/O)C1CC1. The molecule has 1 fully saturated rings. The lowest BCUT2D eigenvalue weighted by atomic mass is 10.2. The van der Waals surface area contributed by atoms with Crippen molar-refractivity contribution in [2.75, 3.05) is 11.4 Å². The van der Waals surface area contributed by atoms with Gasteiger partial charge in [-0.1, -0.05) is 12.1 Å². The summed E-state index contributed by atoms with van der Waals surface area (Å²) in [5.74, 6) is 0.0716. The number of anilines is 1. The Bertz CT molecular complexity index is 415. The normalized spacial score (nSPS) is 15.9. The maximum Gasteiger partial charge on any atom is 0.190 e. The molecule has 0 radical (unpaired) electrons. The van der Waals surface area contributed by atoms with Crippen molar-refractivity contribution in [3.63, 3.8) is 0 Å². The van der Waals surface area contributed by atoms with Crippen molar-refractivity contribution in [3.05, 3.63) is 24.0 Å². The average Bonchev–Trinajstić information content (AvgIpc) is 3.19. The zero-order valence-electron chi connectivity index (χ0n) is 10.0. The van der Waals surface area contributed by atoms with Gasteiger partial charge in [-0.25, -0.2) is 0 Å². The fraction of sp³-hybridized carbons (Fsp3) is 0.500. The van der Waals surface area contributed by atoms with Gasteiger partial charge < -0.3 is 15.8 Å². The Hall–Kier alpha value is -1.78. The Morgan fingerprint density at radius 1 is 1.65 bits per heavy atom. The fourth-order valence-corrected chi connectivity index (χ4v) is 2.00. The minimum Gasteiger partial charge on any atom is -0.409 e. The number of amidine groups is 1. The van der Waals surface area contributed by atoms with Crippen molar-refractivity contribution >= 4 is 11.5 Å². The van der Waals surface area contributed by atoms with Crippen LogP contribution in [0.25, 0.3) is 0 Å². The molecule has 1 saturated carbocycles. The number of aromatic nitrogens is 1. The van der Waals surface area contributed by atoms with E-state index in [4.69, 9.17) is 10.9 Å². The van der Waals surface area contributed by atoms with Crippen LogP contribution in [0.4, 0.5) is 5.69 Å². The van der Waals surface area contributed by atoms with Crippen molar-refractivity contribution in [1.29, 1.82) is 0 Å². The Morgan fingerprint density at radius 2 is 2.41 bits per heavy atom. The van der Waals surface area contributed by atoms with Crippen molar-refractivity contribution in [1.82, 2.24) is 4.98 Å². The van der Waals surface area contributed by atoms with Crippen molar-refractivity contribution in [3.8, 4) is 0 Å². The molecule has 1 aliphatic rings. The molecule has 0 spiro atoms. The molecule has 2 rings (SSSR count). The van der Waals surface area contributed by atoms with E-state index in [0.717, 1.165) is 18.7 Å². The second kappa shape index (κ2) is 5.03. The average molecular weight is 234 g/mol. The molecule has 0 unspecified atom stereocenters. The van der Waals surface area contributed by atoms with Crippen LogP contribution in [0.1, 0.15) is 31.9 Å². The molecule has 5 nitrogen and oxygen atoms in total. The Kier molecular flexibility index (Phi) is 3.46. The molecule has 0 bridgehead atoms. The first-order chi connectivity index (χ1) is 8.27. The summed E-state index contributed by atoms with van der Waals surface area (Å²) in [6.07, 6.45) is 5.16. The summed E-state index contributed by atoms with van der Waals surface area (Å²) in [5, 5.41) is 11.8. The van der Waals surface area contributed by atoms with Gasteiger partial charge in [-0.2, -0.15) is 0 Å². The third-order valence-electron chi connectivity index (χ3n) is 2.90. The van der Waals surface area contributed by atoms with E-state index in [0.29, 0.717) is 11.7 Å².